The van der Waals surface area contributed by atoms with Crippen LogP contribution in [0.25, 0.3) is 0 Å². The zero-order valence-corrected chi connectivity index (χ0v) is 11.6. The Bertz CT molecular complexity index is 604. The standard InChI is InChI=1S/C14H13ClFN3O/c1-2-19(9-10-4-3-5-11(16)6-10)14(20)12-7-18-13(15)8-17-12/h3-8H,2,9H2,1H3. The molecule has 20 heavy (non-hydrogen) atoms. The summed E-state index contributed by atoms with van der Waals surface area (Å²) in [5.74, 6) is -0.585. The Morgan fingerprint density at radius 3 is 2.75 bits per heavy atom. The first-order valence-electron chi connectivity index (χ1n) is 6.11. The molecule has 0 saturated carbocycles. The maximum absolute atomic E-state index is 13.1. The van der Waals surface area contributed by atoms with Gasteiger partial charge in [-0.2, -0.15) is 0 Å². The minimum Gasteiger partial charge on any atom is -0.333 e. The zero-order chi connectivity index (χ0) is 14.5. The molecule has 1 aromatic heterocycles. The number of carbonyl (C=O) groups is 1. The molecular weight excluding hydrogens is 281 g/mol. The summed E-state index contributed by atoms with van der Waals surface area (Å²) in [4.78, 5) is 21.6. The van der Waals surface area contributed by atoms with E-state index in [0.717, 1.165) is 5.56 Å². The highest BCUT2D eigenvalue weighted by Gasteiger charge is 2.16. The molecule has 0 radical (unpaired) electrons. The SMILES string of the molecule is CCN(Cc1cccc(F)c1)C(=O)c1cnc(Cl)cn1. The second-order valence-electron chi connectivity index (χ2n) is 4.17. The van der Waals surface area contributed by atoms with Gasteiger partial charge >= 0.3 is 0 Å². The number of nitrogens with zero attached hydrogens (tertiary/aromatic N) is 3. The van der Waals surface area contributed by atoms with Gasteiger partial charge in [-0.1, -0.05) is 23.7 Å². The van der Waals surface area contributed by atoms with Gasteiger partial charge in [-0.3, -0.25) is 4.79 Å². The first-order valence-corrected chi connectivity index (χ1v) is 6.49. The topological polar surface area (TPSA) is 46.1 Å². The van der Waals surface area contributed by atoms with Gasteiger partial charge in [0.05, 0.1) is 12.4 Å². The molecule has 0 bridgehead atoms. The number of halogens is 2. The highest BCUT2D eigenvalue weighted by Crippen LogP contribution is 2.10. The summed E-state index contributed by atoms with van der Waals surface area (Å²) in [6.07, 6.45) is 2.66. The number of benzene rings is 1. The van der Waals surface area contributed by atoms with E-state index in [9.17, 15) is 9.18 Å². The van der Waals surface area contributed by atoms with Crippen molar-refractivity contribution in [3.8, 4) is 0 Å². The highest BCUT2D eigenvalue weighted by atomic mass is 35.5. The van der Waals surface area contributed by atoms with Gasteiger partial charge in [0, 0.05) is 13.1 Å². The molecule has 4 nitrogen and oxygen atoms in total. The van der Waals surface area contributed by atoms with Gasteiger partial charge in [0.25, 0.3) is 5.91 Å². The molecule has 0 aliphatic carbocycles. The van der Waals surface area contributed by atoms with Crippen LogP contribution in [0.5, 0.6) is 0 Å². The zero-order valence-electron chi connectivity index (χ0n) is 10.9. The quantitative estimate of drug-likeness (QED) is 0.871. The number of rotatable bonds is 4. The molecule has 6 heteroatoms. The van der Waals surface area contributed by atoms with Crippen LogP contribution < -0.4 is 0 Å². The van der Waals surface area contributed by atoms with Crippen molar-refractivity contribution in [2.45, 2.75) is 13.5 Å². The summed E-state index contributed by atoms with van der Waals surface area (Å²) in [5.41, 5.74) is 0.940. The monoisotopic (exact) mass is 293 g/mol. The van der Waals surface area contributed by atoms with Crippen LogP contribution in [0, 0.1) is 5.82 Å². The van der Waals surface area contributed by atoms with E-state index in [0.29, 0.717) is 13.1 Å². The van der Waals surface area contributed by atoms with Gasteiger partial charge < -0.3 is 4.90 Å². The first kappa shape index (κ1) is 14.4. The number of carbonyl (C=O) groups excluding carboxylic acids is 1. The van der Waals surface area contributed by atoms with Crippen LogP contribution in [0.1, 0.15) is 23.0 Å². The van der Waals surface area contributed by atoms with Crippen LogP contribution in [-0.2, 0) is 6.54 Å². The molecule has 0 spiro atoms. The molecule has 0 unspecified atom stereocenters. The fraction of sp³-hybridized carbons (Fsp3) is 0.214. The molecule has 2 aromatic rings. The van der Waals surface area contributed by atoms with Crippen molar-refractivity contribution in [2.24, 2.45) is 0 Å². The van der Waals surface area contributed by atoms with E-state index in [1.165, 1.54) is 24.5 Å². The summed E-state index contributed by atoms with van der Waals surface area (Å²) in [7, 11) is 0. The molecule has 1 amide bonds. The average molecular weight is 294 g/mol. The van der Waals surface area contributed by atoms with Gasteiger partial charge in [0.2, 0.25) is 0 Å². The second kappa shape index (κ2) is 6.43. The second-order valence-corrected chi connectivity index (χ2v) is 4.56. The van der Waals surface area contributed by atoms with Crippen molar-refractivity contribution < 1.29 is 9.18 Å². The summed E-state index contributed by atoms with van der Waals surface area (Å²) < 4.78 is 13.1. The molecule has 104 valence electrons. The van der Waals surface area contributed by atoms with E-state index in [-0.39, 0.29) is 22.6 Å². The van der Waals surface area contributed by atoms with Gasteiger partial charge in [0.15, 0.2) is 0 Å². The number of amides is 1. The smallest absolute Gasteiger partial charge is 0.274 e. The molecule has 2 rings (SSSR count). The molecule has 0 saturated heterocycles. The fourth-order valence-corrected chi connectivity index (χ4v) is 1.87. The van der Waals surface area contributed by atoms with Gasteiger partial charge in [-0.25, -0.2) is 14.4 Å². The van der Waals surface area contributed by atoms with E-state index in [1.54, 1.807) is 17.0 Å². The van der Waals surface area contributed by atoms with Crippen LogP contribution in [-0.4, -0.2) is 27.3 Å². The molecule has 0 atom stereocenters. The maximum Gasteiger partial charge on any atom is 0.274 e. The highest BCUT2D eigenvalue weighted by molar-refractivity contribution is 6.29. The van der Waals surface area contributed by atoms with Crippen molar-refractivity contribution in [1.29, 1.82) is 0 Å². The lowest BCUT2D eigenvalue weighted by Gasteiger charge is -2.20. The molecule has 1 aromatic carbocycles. The molecule has 0 aliphatic rings. The third-order valence-corrected chi connectivity index (χ3v) is 2.97. The van der Waals surface area contributed by atoms with E-state index in [4.69, 9.17) is 11.6 Å². The van der Waals surface area contributed by atoms with E-state index in [2.05, 4.69) is 9.97 Å². The third-order valence-electron chi connectivity index (χ3n) is 2.77. The molecular formula is C14H13ClFN3O. The van der Waals surface area contributed by atoms with Crippen LogP contribution in [0.2, 0.25) is 5.15 Å². The Hall–Kier alpha value is -2.01. The fourth-order valence-electron chi connectivity index (χ4n) is 1.77. The Kier molecular flexibility index (Phi) is 4.63. The Balaban J connectivity index is 2.15. The molecule has 0 aliphatic heterocycles. The van der Waals surface area contributed by atoms with Crippen molar-refractivity contribution >= 4 is 17.5 Å². The minimum absolute atomic E-state index is 0.215. The van der Waals surface area contributed by atoms with E-state index >= 15 is 0 Å². The summed E-state index contributed by atoms with van der Waals surface area (Å²) in [5, 5.41) is 0.231. The van der Waals surface area contributed by atoms with Crippen LogP contribution in [0.3, 0.4) is 0 Å². The van der Waals surface area contributed by atoms with Crippen LogP contribution in [0.15, 0.2) is 36.7 Å². The Morgan fingerprint density at radius 2 is 2.15 bits per heavy atom. The van der Waals surface area contributed by atoms with E-state index < -0.39 is 0 Å². The number of hydrogen-bond acceptors (Lipinski definition) is 3. The van der Waals surface area contributed by atoms with Crippen molar-refractivity contribution in [2.75, 3.05) is 6.54 Å². The first-order chi connectivity index (χ1) is 9.60. The maximum atomic E-state index is 13.1. The normalized spacial score (nSPS) is 10.3. The number of hydrogen-bond donors (Lipinski definition) is 0. The lowest BCUT2D eigenvalue weighted by molar-refractivity contribution is 0.0746. The summed E-state index contributed by atoms with van der Waals surface area (Å²) >= 11 is 5.64. The average Bonchev–Trinajstić information content (AvgIpc) is 2.45. The van der Waals surface area contributed by atoms with Crippen molar-refractivity contribution in [1.82, 2.24) is 14.9 Å². The van der Waals surface area contributed by atoms with Gasteiger partial charge in [0.1, 0.15) is 16.7 Å². The Labute approximate surface area is 121 Å². The van der Waals surface area contributed by atoms with Crippen LogP contribution >= 0.6 is 11.6 Å². The summed E-state index contributed by atoms with van der Waals surface area (Å²) in [6.45, 7) is 2.65. The van der Waals surface area contributed by atoms with Gasteiger partial charge in [-0.05, 0) is 24.6 Å². The molecule has 0 fully saturated rings. The van der Waals surface area contributed by atoms with Crippen molar-refractivity contribution in [3.63, 3.8) is 0 Å². The minimum atomic E-state index is -0.322. The van der Waals surface area contributed by atoms with E-state index in [1.807, 2.05) is 6.92 Å². The lowest BCUT2D eigenvalue weighted by Crippen LogP contribution is -2.31. The lowest BCUT2D eigenvalue weighted by atomic mass is 10.2. The third kappa shape index (κ3) is 3.51. The predicted octanol–water partition coefficient (Wildman–Crippen LogP) is 2.93. The summed E-state index contributed by atoms with van der Waals surface area (Å²) in [6, 6.07) is 6.16. The molecule has 1 heterocycles. The van der Waals surface area contributed by atoms with Crippen LogP contribution in [0.4, 0.5) is 4.39 Å². The van der Waals surface area contributed by atoms with Crippen molar-refractivity contribution in [3.05, 3.63) is 58.9 Å². The largest absolute Gasteiger partial charge is 0.333 e. The Morgan fingerprint density at radius 1 is 1.35 bits per heavy atom. The van der Waals surface area contributed by atoms with Gasteiger partial charge in [-0.15, -0.1) is 0 Å². The predicted molar refractivity (Wildman–Crippen MR) is 73.9 cm³/mol. The molecule has 0 N–H and O–H groups in total. The number of aromatic nitrogens is 2.